The van der Waals surface area contributed by atoms with Crippen LogP contribution in [-0.4, -0.2) is 29.0 Å². The summed E-state index contributed by atoms with van der Waals surface area (Å²) in [5.74, 6) is 5.65. The Morgan fingerprint density at radius 2 is 2.00 bits per heavy atom. The van der Waals surface area contributed by atoms with Gasteiger partial charge < -0.3 is 10.0 Å². The number of nitrogens with zero attached hydrogens (tertiary/aromatic N) is 1. The summed E-state index contributed by atoms with van der Waals surface area (Å²) in [7, 11) is 1.72. The highest BCUT2D eigenvalue weighted by Gasteiger charge is 2.23. The molecule has 3 heteroatoms. The van der Waals surface area contributed by atoms with Crippen LogP contribution in [0.1, 0.15) is 38.4 Å². The summed E-state index contributed by atoms with van der Waals surface area (Å²) in [5.41, 5.74) is 0.822. The molecular weight excluding hydrogens is 238 g/mol. The lowest BCUT2D eigenvalue weighted by molar-refractivity contribution is -0.133. The Labute approximate surface area is 115 Å². The first-order valence-corrected chi connectivity index (χ1v) is 6.46. The first-order chi connectivity index (χ1) is 9.07. The third-order valence-electron chi connectivity index (χ3n) is 3.24. The minimum atomic E-state index is -0.674. The monoisotopic (exact) mass is 259 g/mol. The molecule has 0 aliphatic carbocycles. The highest BCUT2D eigenvalue weighted by Crippen LogP contribution is 2.20. The lowest BCUT2D eigenvalue weighted by Gasteiger charge is -2.29. The average Bonchev–Trinajstić information content (AvgIpc) is 2.46. The number of amides is 1. The second kappa shape index (κ2) is 7.60. The summed E-state index contributed by atoms with van der Waals surface area (Å²) in [5, 5.41) is 10.3. The Bertz CT molecular complexity index is 459. The zero-order chi connectivity index (χ0) is 14.3. The van der Waals surface area contributed by atoms with Crippen molar-refractivity contribution in [2.45, 2.75) is 38.8 Å². The van der Waals surface area contributed by atoms with Crippen molar-refractivity contribution in [2.24, 2.45) is 0 Å². The normalized spacial score (nSPS) is 13.1. The van der Waals surface area contributed by atoms with E-state index in [1.54, 1.807) is 18.9 Å². The first kappa shape index (κ1) is 15.3. The number of benzene rings is 1. The maximum atomic E-state index is 11.9. The van der Waals surface area contributed by atoms with Gasteiger partial charge in [-0.1, -0.05) is 30.3 Å². The van der Waals surface area contributed by atoms with Crippen LogP contribution in [0.3, 0.4) is 0 Å². The van der Waals surface area contributed by atoms with E-state index in [-0.39, 0.29) is 11.9 Å². The molecule has 19 heavy (non-hydrogen) atoms. The van der Waals surface area contributed by atoms with Crippen molar-refractivity contribution < 1.29 is 9.90 Å². The smallest absolute Gasteiger partial charge is 0.223 e. The maximum absolute atomic E-state index is 11.9. The zero-order valence-electron chi connectivity index (χ0n) is 11.8. The molecule has 0 aliphatic heterocycles. The Hall–Kier alpha value is -1.79. The predicted molar refractivity (Wildman–Crippen MR) is 76.3 cm³/mol. The number of aliphatic hydroxyl groups is 1. The van der Waals surface area contributed by atoms with E-state index in [2.05, 4.69) is 11.8 Å². The molecule has 0 saturated heterocycles. The minimum absolute atomic E-state index is 0.00484. The van der Waals surface area contributed by atoms with Gasteiger partial charge in [-0.05, 0) is 19.4 Å². The van der Waals surface area contributed by atoms with E-state index >= 15 is 0 Å². The van der Waals surface area contributed by atoms with Crippen LogP contribution < -0.4 is 0 Å². The van der Waals surface area contributed by atoms with Gasteiger partial charge >= 0.3 is 0 Å². The molecule has 1 aromatic rings. The second-order valence-corrected chi connectivity index (χ2v) is 4.53. The largest absolute Gasteiger partial charge is 0.386 e. The van der Waals surface area contributed by atoms with Gasteiger partial charge in [0.05, 0.1) is 12.1 Å². The molecule has 0 fully saturated rings. The molecule has 0 bridgehead atoms. The summed E-state index contributed by atoms with van der Waals surface area (Å²) >= 11 is 0. The summed E-state index contributed by atoms with van der Waals surface area (Å²) in [4.78, 5) is 13.5. The third kappa shape index (κ3) is 4.42. The van der Waals surface area contributed by atoms with Crippen LogP contribution in [-0.2, 0) is 4.79 Å². The Morgan fingerprint density at radius 3 is 2.58 bits per heavy atom. The summed E-state index contributed by atoms with van der Waals surface area (Å²) < 4.78 is 0. The van der Waals surface area contributed by atoms with E-state index in [0.717, 1.165) is 5.56 Å². The van der Waals surface area contributed by atoms with Crippen LogP contribution in [0.25, 0.3) is 0 Å². The van der Waals surface area contributed by atoms with Crippen molar-refractivity contribution in [3.8, 4) is 11.8 Å². The van der Waals surface area contributed by atoms with Crippen molar-refractivity contribution in [1.29, 1.82) is 0 Å². The van der Waals surface area contributed by atoms with E-state index in [4.69, 9.17) is 0 Å². The summed E-state index contributed by atoms with van der Waals surface area (Å²) in [6.45, 7) is 3.61. The molecule has 0 unspecified atom stereocenters. The van der Waals surface area contributed by atoms with Crippen molar-refractivity contribution in [3.05, 3.63) is 35.9 Å². The molecule has 0 aliphatic rings. The molecule has 0 aromatic heterocycles. The molecule has 0 radical (unpaired) electrons. The fourth-order valence-electron chi connectivity index (χ4n) is 1.84. The summed E-state index contributed by atoms with van der Waals surface area (Å²) in [6.07, 6.45) is 0.282. The fraction of sp³-hybridized carbons (Fsp3) is 0.438. The number of hydrogen-bond acceptors (Lipinski definition) is 2. The molecule has 0 spiro atoms. The number of aliphatic hydroxyl groups excluding tert-OH is 1. The first-order valence-electron chi connectivity index (χ1n) is 6.46. The molecule has 0 saturated carbocycles. The highest BCUT2D eigenvalue weighted by atomic mass is 16.3. The molecule has 1 rings (SSSR count). The minimum Gasteiger partial charge on any atom is -0.386 e. The second-order valence-electron chi connectivity index (χ2n) is 4.53. The van der Waals surface area contributed by atoms with Crippen molar-refractivity contribution in [3.63, 3.8) is 0 Å². The maximum Gasteiger partial charge on any atom is 0.223 e. The molecule has 1 aromatic carbocycles. The van der Waals surface area contributed by atoms with E-state index in [1.165, 1.54) is 0 Å². The van der Waals surface area contributed by atoms with E-state index in [9.17, 15) is 9.90 Å². The zero-order valence-corrected chi connectivity index (χ0v) is 11.8. The topological polar surface area (TPSA) is 40.5 Å². The van der Waals surface area contributed by atoms with Gasteiger partial charge in [0.25, 0.3) is 0 Å². The number of carbonyl (C=O) groups is 1. The molecule has 3 nitrogen and oxygen atoms in total. The van der Waals surface area contributed by atoms with Crippen LogP contribution in [0.4, 0.5) is 0 Å². The van der Waals surface area contributed by atoms with Crippen molar-refractivity contribution >= 4 is 5.91 Å². The fourth-order valence-corrected chi connectivity index (χ4v) is 1.84. The highest BCUT2D eigenvalue weighted by molar-refractivity contribution is 5.76. The quantitative estimate of drug-likeness (QED) is 0.825. The number of rotatable bonds is 5. The third-order valence-corrected chi connectivity index (χ3v) is 3.24. The lowest BCUT2D eigenvalue weighted by Crippen LogP contribution is -2.38. The van der Waals surface area contributed by atoms with Gasteiger partial charge in [0.1, 0.15) is 0 Å². The Kier molecular flexibility index (Phi) is 6.11. The van der Waals surface area contributed by atoms with Gasteiger partial charge in [0, 0.05) is 19.9 Å². The van der Waals surface area contributed by atoms with Crippen LogP contribution in [0, 0.1) is 11.8 Å². The number of carbonyl (C=O) groups excluding carboxylic acids is 1. The average molecular weight is 259 g/mol. The van der Waals surface area contributed by atoms with Crippen molar-refractivity contribution in [2.75, 3.05) is 7.05 Å². The van der Waals surface area contributed by atoms with Gasteiger partial charge in [-0.2, -0.15) is 0 Å². The number of hydrogen-bond donors (Lipinski definition) is 1. The Morgan fingerprint density at radius 1 is 1.37 bits per heavy atom. The Balaban J connectivity index is 2.62. The predicted octanol–water partition coefficient (Wildman–Crippen LogP) is 2.37. The molecule has 1 amide bonds. The van der Waals surface area contributed by atoms with Crippen LogP contribution in [0.15, 0.2) is 30.3 Å². The number of likely N-dealkylation sites (N-methyl/N-ethyl adjacent to an activating group) is 1. The van der Waals surface area contributed by atoms with Crippen LogP contribution in [0.2, 0.25) is 0 Å². The lowest BCUT2D eigenvalue weighted by atomic mass is 10.0. The SMILES string of the molecule is CC#CCCC(=O)N(C)[C@H](C)[C@H](O)c1ccccc1. The van der Waals surface area contributed by atoms with E-state index < -0.39 is 6.10 Å². The van der Waals surface area contributed by atoms with Crippen LogP contribution in [0.5, 0.6) is 0 Å². The standard InChI is InChI=1S/C16H21NO2/c1-4-5-7-12-15(18)17(3)13(2)16(19)14-10-8-6-9-11-14/h6,8-11,13,16,19H,7,12H2,1-3H3/t13-,16+/m1/s1. The van der Waals surface area contributed by atoms with Gasteiger partial charge in [-0.15, -0.1) is 11.8 Å². The molecule has 102 valence electrons. The van der Waals surface area contributed by atoms with Gasteiger partial charge in [-0.25, -0.2) is 0 Å². The molecule has 2 atom stereocenters. The van der Waals surface area contributed by atoms with Crippen LogP contribution >= 0.6 is 0 Å². The summed E-state index contributed by atoms with van der Waals surface area (Å²) in [6, 6.07) is 9.13. The van der Waals surface area contributed by atoms with Crippen molar-refractivity contribution in [1.82, 2.24) is 4.90 Å². The van der Waals surface area contributed by atoms with Gasteiger partial charge in [-0.3, -0.25) is 4.79 Å². The molecular formula is C16H21NO2. The molecule has 1 N–H and O–H groups in total. The van der Waals surface area contributed by atoms with E-state index in [1.807, 2.05) is 37.3 Å². The molecule has 0 heterocycles. The van der Waals surface area contributed by atoms with Gasteiger partial charge in [0.2, 0.25) is 5.91 Å². The van der Waals surface area contributed by atoms with E-state index in [0.29, 0.717) is 12.8 Å². The van der Waals surface area contributed by atoms with Gasteiger partial charge in [0.15, 0.2) is 0 Å².